The Balaban J connectivity index is 2.25. The lowest BCUT2D eigenvalue weighted by Crippen LogP contribution is -2.39. The Morgan fingerprint density at radius 3 is 3.05 bits per heavy atom. The third-order valence-electron chi connectivity index (χ3n) is 3.85. The van der Waals surface area contributed by atoms with Gasteiger partial charge < -0.3 is 14.4 Å². The van der Waals surface area contributed by atoms with E-state index in [1.54, 1.807) is 12.3 Å². The zero-order valence-electron chi connectivity index (χ0n) is 11.1. The topological polar surface area (TPSA) is 77.5 Å². The summed E-state index contributed by atoms with van der Waals surface area (Å²) >= 11 is 0. The van der Waals surface area contributed by atoms with Crippen molar-refractivity contribution in [2.24, 2.45) is 0 Å². The summed E-state index contributed by atoms with van der Waals surface area (Å²) in [6, 6.07) is 3.64. The number of carboxylic acid groups (broad SMARTS) is 1. The van der Waals surface area contributed by atoms with Crippen molar-refractivity contribution in [1.29, 1.82) is 5.41 Å². The molecule has 19 heavy (non-hydrogen) atoms. The third kappa shape index (κ3) is 3.16. The SMILES string of the molecule is CN1C(=N)CCCCC1C(CC(=O)O)c1ccco1. The number of nitrogens with zero attached hydrogens (tertiary/aromatic N) is 1. The number of nitrogens with one attached hydrogen (secondary N) is 1. The molecule has 104 valence electrons. The molecule has 1 aliphatic heterocycles. The Morgan fingerprint density at radius 1 is 1.63 bits per heavy atom. The van der Waals surface area contributed by atoms with Gasteiger partial charge in [0.15, 0.2) is 0 Å². The summed E-state index contributed by atoms with van der Waals surface area (Å²) in [5, 5.41) is 17.1. The fourth-order valence-corrected chi connectivity index (χ4v) is 2.80. The fourth-order valence-electron chi connectivity index (χ4n) is 2.80. The van der Waals surface area contributed by atoms with Gasteiger partial charge in [0.2, 0.25) is 0 Å². The highest BCUT2D eigenvalue weighted by Crippen LogP contribution is 2.32. The van der Waals surface area contributed by atoms with Gasteiger partial charge in [-0.25, -0.2) is 0 Å². The van der Waals surface area contributed by atoms with Crippen molar-refractivity contribution in [1.82, 2.24) is 4.90 Å². The van der Waals surface area contributed by atoms with E-state index in [2.05, 4.69) is 0 Å². The van der Waals surface area contributed by atoms with Crippen LogP contribution in [-0.4, -0.2) is 34.9 Å². The van der Waals surface area contributed by atoms with Gasteiger partial charge in [-0.15, -0.1) is 0 Å². The maximum absolute atomic E-state index is 11.1. The van der Waals surface area contributed by atoms with Crippen LogP contribution in [0.1, 0.15) is 43.8 Å². The first-order valence-corrected chi connectivity index (χ1v) is 6.65. The van der Waals surface area contributed by atoms with E-state index < -0.39 is 5.97 Å². The van der Waals surface area contributed by atoms with E-state index in [1.165, 1.54) is 0 Å². The summed E-state index contributed by atoms with van der Waals surface area (Å²) in [6.45, 7) is 0. The average Bonchev–Trinajstić information content (AvgIpc) is 2.83. The zero-order valence-corrected chi connectivity index (χ0v) is 11.1. The fraction of sp³-hybridized carbons (Fsp3) is 0.571. The molecular weight excluding hydrogens is 244 g/mol. The second-order valence-electron chi connectivity index (χ2n) is 5.09. The molecule has 5 nitrogen and oxygen atoms in total. The summed E-state index contributed by atoms with van der Waals surface area (Å²) in [5.41, 5.74) is 0. The third-order valence-corrected chi connectivity index (χ3v) is 3.85. The predicted octanol–water partition coefficient (Wildman–Crippen LogP) is 2.69. The van der Waals surface area contributed by atoms with Crippen LogP contribution in [0.4, 0.5) is 0 Å². The van der Waals surface area contributed by atoms with E-state index in [4.69, 9.17) is 14.9 Å². The number of likely N-dealkylation sites (tertiary alicyclic amines) is 1. The van der Waals surface area contributed by atoms with Gasteiger partial charge in [-0.3, -0.25) is 10.2 Å². The highest BCUT2D eigenvalue weighted by atomic mass is 16.4. The number of rotatable bonds is 4. The monoisotopic (exact) mass is 264 g/mol. The van der Waals surface area contributed by atoms with Gasteiger partial charge in [0, 0.05) is 25.4 Å². The molecule has 0 spiro atoms. The molecule has 1 saturated heterocycles. The molecule has 2 atom stereocenters. The normalized spacial score (nSPS) is 22.1. The molecular formula is C14H20N2O3. The number of carbonyl (C=O) groups is 1. The van der Waals surface area contributed by atoms with Crippen molar-refractivity contribution >= 4 is 11.8 Å². The Hall–Kier alpha value is -1.78. The lowest BCUT2D eigenvalue weighted by atomic mass is 9.89. The number of furan rings is 1. The van der Waals surface area contributed by atoms with Crippen molar-refractivity contribution in [2.45, 2.75) is 44.1 Å². The van der Waals surface area contributed by atoms with Gasteiger partial charge in [0.25, 0.3) is 0 Å². The van der Waals surface area contributed by atoms with E-state index in [9.17, 15) is 4.79 Å². The van der Waals surface area contributed by atoms with Crippen molar-refractivity contribution in [3.05, 3.63) is 24.2 Å². The lowest BCUT2D eigenvalue weighted by molar-refractivity contribution is -0.137. The number of hydrogen-bond acceptors (Lipinski definition) is 3. The molecule has 1 fully saturated rings. The van der Waals surface area contributed by atoms with Crippen LogP contribution in [0.2, 0.25) is 0 Å². The summed E-state index contributed by atoms with van der Waals surface area (Å²) in [5.74, 6) is 0.264. The Morgan fingerprint density at radius 2 is 2.42 bits per heavy atom. The number of hydrogen-bond donors (Lipinski definition) is 2. The second-order valence-corrected chi connectivity index (χ2v) is 5.09. The van der Waals surface area contributed by atoms with Crippen LogP contribution in [0.25, 0.3) is 0 Å². The molecule has 0 aromatic carbocycles. The summed E-state index contributed by atoms with van der Waals surface area (Å²) in [4.78, 5) is 13.0. The van der Waals surface area contributed by atoms with Gasteiger partial charge in [0.1, 0.15) is 5.76 Å². The smallest absolute Gasteiger partial charge is 0.304 e. The summed E-state index contributed by atoms with van der Waals surface area (Å²) in [7, 11) is 1.89. The minimum atomic E-state index is -0.828. The maximum atomic E-state index is 11.1. The standard InChI is InChI=1S/C14H20N2O3/c1-16-11(5-2-3-7-13(16)15)10(9-14(17)18)12-6-4-8-19-12/h4,6,8,10-11,15H,2-3,5,7,9H2,1H3,(H,17,18). The molecule has 2 rings (SSSR count). The second kappa shape index (κ2) is 5.91. The van der Waals surface area contributed by atoms with Crippen molar-refractivity contribution in [3.8, 4) is 0 Å². The molecule has 2 unspecified atom stereocenters. The van der Waals surface area contributed by atoms with Crippen molar-refractivity contribution < 1.29 is 14.3 Å². The highest BCUT2D eigenvalue weighted by Gasteiger charge is 2.32. The largest absolute Gasteiger partial charge is 0.481 e. The molecule has 0 aliphatic carbocycles. The first-order valence-electron chi connectivity index (χ1n) is 6.65. The first kappa shape index (κ1) is 13.6. The molecule has 0 saturated carbocycles. The Labute approximate surface area is 112 Å². The van der Waals surface area contributed by atoms with Gasteiger partial charge in [-0.05, 0) is 25.0 Å². The minimum absolute atomic E-state index is 0.0252. The molecule has 2 N–H and O–H groups in total. The highest BCUT2D eigenvalue weighted by molar-refractivity contribution is 5.79. The molecule has 2 heterocycles. The molecule has 0 radical (unpaired) electrons. The lowest BCUT2D eigenvalue weighted by Gasteiger charge is -2.33. The Kier molecular flexibility index (Phi) is 4.24. The van der Waals surface area contributed by atoms with Crippen LogP contribution >= 0.6 is 0 Å². The van der Waals surface area contributed by atoms with E-state index in [0.29, 0.717) is 11.6 Å². The van der Waals surface area contributed by atoms with Crippen LogP contribution in [0.5, 0.6) is 0 Å². The number of aliphatic carboxylic acids is 1. The number of carboxylic acids is 1. The van der Waals surface area contributed by atoms with Crippen LogP contribution in [0.15, 0.2) is 22.8 Å². The van der Waals surface area contributed by atoms with Gasteiger partial charge in [-0.2, -0.15) is 0 Å². The molecule has 1 aromatic heterocycles. The van der Waals surface area contributed by atoms with E-state index >= 15 is 0 Å². The summed E-state index contributed by atoms with van der Waals surface area (Å²) in [6.07, 6.45) is 5.30. The quantitative estimate of drug-likeness (QED) is 0.876. The van der Waals surface area contributed by atoms with Crippen LogP contribution in [0.3, 0.4) is 0 Å². The molecule has 0 bridgehead atoms. The first-order chi connectivity index (χ1) is 9.09. The van der Waals surface area contributed by atoms with Gasteiger partial charge in [0.05, 0.1) is 18.5 Å². The summed E-state index contributed by atoms with van der Waals surface area (Å²) < 4.78 is 5.41. The van der Waals surface area contributed by atoms with Gasteiger partial charge in [-0.1, -0.05) is 6.42 Å². The molecule has 0 amide bonds. The molecule has 5 heteroatoms. The Bertz CT molecular complexity index is 442. The minimum Gasteiger partial charge on any atom is -0.481 e. The number of amidine groups is 1. The van der Waals surface area contributed by atoms with E-state index in [1.807, 2.05) is 18.0 Å². The molecule has 1 aromatic rings. The van der Waals surface area contributed by atoms with E-state index in [-0.39, 0.29) is 18.4 Å². The van der Waals surface area contributed by atoms with Crippen LogP contribution < -0.4 is 0 Å². The number of likely N-dealkylation sites (N-methyl/N-ethyl adjacent to an activating group) is 1. The van der Waals surface area contributed by atoms with Crippen molar-refractivity contribution in [3.63, 3.8) is 0 Å². The average molecular weight is 264 g/mol. The molecule has 1 aliphatic rings. The van der Waals surface area contributed by atoms with Crippen molar-refractivity contribution in [2.75, 3.05) is 7.05 Å². The van der Waals surface area contributed by atoms with E-state index in [0.717, 1.165) is 25.7 Å². The maximum Gasteiger partial charge on any atom is 0.304 e. The van der Waals surface area contributed by atoms with Gasteiger partial charge >= 0.3 is 5.97 Å². The zero-order chi connectivity index (χ0) is 13.8. The van der Waals surface area contributed by atoms with Crippen LogP contribution in [0, 0.1) is 5.41 Å². The predicted molar refractivity (Wildman–Crippen MR) is 71.4 cm³/mol. The van der Waals surface area contributed by atoms with Crippen LogP contribution in [-0.2, 0) is 4.79 Å².